The van der Waals surface area contributed by atoms with E-state index in [1.807, 2.05) is 0 Å². The first-order chi connectivity index (χ1) is 7.62. The fourth-order valence-electron chi connectivity index (χ4n) is 1.01. The average molecular weight is 261 g/mol. The summed E-state index contributed by atoms with van der Waals surface area (Å²) in [6.07, 6.45) is -8.29. The summed E-state index contributed by atoms with van der Waals surface area (Å²) in [7, 11) is 0.924. The smallest absolute Gasteiger partial charge is 0.384 e. The molecule has 0 aromatic carbocycles. The van der Waals surface area contributed by atoms with Crippen molar-refractivity contribution in [2.24, 2.45) is 0 Å². The molecule has 17 heavy (non-hydrogen) atoms. The molecule has 0 aliphatic carbocycles. The third-order valence-corrected chi connectivity index (χ3v) is 1.85. The molecule has 1 nitrogen and oxygen atoms in total. The predicted molar refractivity (Wildman–Crippen MR) is 52.2 cm³/mol. The molecule has 0 fully saturated rings. The van der Waals surface area contributed by atoms with Crippen molar-refractivity contribution in [1.82, 2.24) is 5.32 Å². The normalized spacial score (nSPS) is 15.1. The van der Waals surface area contributed by atoms with Crippen LogP contribution in [0.5, 0.6) is 0 Å². The van der Waals surface area contributed by atoms with Crippen molar-refractivity contribution in [3.8, 4) is 0 Å². The first-order valence-electron chi connectivity index (χ1n) is 4.87. The SMILES string of the molecule is CCC/C=C(/C=C(\NC)C(F)(F)F)C(F)(F)F. The number of halogens is 6. The molecule has 0 atom stereocenters. The Morgan fingerprint density at radius 3 is 1.88 bits per heavy atom. The summed E-state index contributed by atoms with van der Waals surface area (Å²) in [5.74, 6) is 0. The van der Waals surface area contributed by atoms with E-state index >= 15 is 0 Å². The van der Waals surface area contributed by atoms with Gasteiger partial charge in [0.2, 0.25) is 0 Å². The number of rotatable bonds is 4. The number of nitrogens with one attached hydrogen (secondary N) is 1. The summed E-state index contributed by atoms with van der Waals surface area (Å²) < 4.78 is 74.1. The molecule has 0 amide bonds. The van der Waals surface area contributed by atoms with Crippen molar-refractivity contribution < 1.29 is 26.3 Å². The summed E-state index contributed by atoms with van der Waals surface area (Å²) in [5, 5.41) is 1.72. The van der Waals surface area contributed by atoms with Gasteiger partial charge in [0.15, 0.2) is 0 Å². The summed E-state index contributed by atoms with van der Waals surface area (Å²) in [6, 6.07) is 0. The third kappa shape index (κ3) is 5.65. The van der Waals surface area contributed by atoms with Gasteiger partial charge in [-0.15, -0.1) is 0 Å². The van der Waals surface area contributed by atoms with E-state index in [1.54, 1.807) is 12.2 Å². The second kappa shape index (κ2) is 5.97. The van der Waals surface area contributed by atoms with Crippen LogP contribution in [0.25, 0.3) is 0 Å². The van der Waals surface area contributed by atoms with Crippen LogP contribution in [-0.2, 0) is 0 Å². The Kier molecular flexibility index (Phi) is 5.57. The van der Waals surface area contributed by atoms with E-state index in [0.717, 1.165) is 13.1 Å². The van der Waals surface area contributed by atoms with E-state index in [1.165, 1.54) is 0 Å². The van der Waals surface area contributed by atoms with Gasteiger partial charge in [-0.25, -0.2) is 0 Å². The molecule has 0 radical (unpaired) electrons. The van der Waals surface area contributed by atoms with E-state index < -0.39 is 23.6 Å². The van der Waals surface area contributed by atoms with Gasteiger partial charge in [-0.2, -0.15) is 26.3 Å². The van der Waals surface area contributed by atoms with Crippen LogP contribution in [0.3, 0.4) is 0 Å². The number of hydrogen-bond acceptors (Lipinski definition) is 1. The van der Waals surface area contributed by atoms with Crippen molar-refractivity contribution >= 4 is 0 Å². The van der Waals surface area contributed by atoms with Crippen molar-refractivity contribution in [1.29, 1.82) is 0 Å². The van der Waals surface area contributed by atoms with Crippen molar-refractivity contribution in [3.63, 3.8) is 0 Å². The largest absolute Gasteiger partial charge is 0.430 e. The van der Waals surface area contributed by atoms with Gasteiger partial charge in [-0.1, -0.05) is 19.4 Å². The minimum absolute atomic E-state index is 0.0696. The van der Waals surface area contributed by atoms with Crippen molar-refractivity contribution in [2.45, 2.75) is 32.1 Å². The molecule has 0 saturated carbocycles. The van der Waals surface area contributed by atoms with Crippen LogP contribution in [0.15, 0.2) is 23.4 Å². The molecule has 0 unspecified atom stereocenters. The number of allylic oxidation sites excluding steroid dienone is 4. The number of hydrogen-bond donors (Lipinski definition) is 1. The van der Waals surface area contributed by atoms with Crippen LogP contribution in [0.4, 0.5) is 26.3 Å². The number of alkyl halides is 6. The van der Waals surface area contributed by atoms with Crippen LogP contribution in [0.1, 0.15) is 19.8 Å². The molecule has 7 heteroatoms. The fourth-order valence-corrected chi connectivity index (χ4v) is 1.01. The van der Waals surface area contributed by atoms with Crippen molar-refractivity contribution in [2.75, 3.05) is 7.05 Å². The molecule has 0 rings (SSSR count). The zero-order chi connectivity index (χ0) is 13.7. The van der Waals surface area contributed by atoms with Gasteiger partial charge in [0.1, 0.15) is 5.70 Å². The first kappa shape index (κ1) is 15.9. The molecule has 0 aliphatic heterocycles. The quantitative estimate of drug-likeness (QED) is 0.597. The van der Waals surface area contributed by atoms with Crippen LogP contribution < -0.4 is 5.32 Å². The standard InChI is InChI=1S/C10H13F6N/c1-3-4-5-7(9(11,12)13)6-8(17-2)10(14,15)16/h5-6,17H,3-4H2,1-2H3/b7-5-,8-6-. The van der Waals surface area contributed by atoms with Gasteiger partial charge in [0.25, 0.3) is 0 Å². The molecule has 0 heterocycles. The van der Waals surface area contributed by atoms with Crippen LogP contribution in [0.2, 0.25) is 0 Å². The molecule has 0 bridgehead atoms. The zero-order valence-electron chi connectivity index (χ0n) is 9.34. The highest BCUT2D eigenvalue weighted by Crippen LogP contribution is 2.31. The second-order valence-electron chi connectivity index (χ2n) is 3.25. The molecule has 0 saturated heterocycles. The maximum atomic E-state index is 12.4. The van der Waals surface area contributed by atoms with E-state index in [-0.39, 0.29) is 12.5 Å². The number of unbranched alkanes of at least 4 members (excludes halogenated alkanes) is 1. The van der Waals surface area contributed by atoms with E-state index in [9.17, 15) is 26.3 Å². The molecule has 0 aliphatic rings. The Hall–Kier alpha value is -1.14. The van der Waals surface area contributed by atoms with Crippen molar-refractivity contribution in [3.05, 3.63) is 23.4 Å². The lowest BCUT2D eigenvalue weighted by molar-refractivity contribution is -0.0990. The molecule has 100 valence electrons. The molecule has 0 aromatic heterocycles. The lowest BCUT2D eigenvalue weighted by atomic mass is 10.1. The van der Waals surface area contributed by atoms with E-state index in [2.05, 4.69) is 0 Å². The van der Waals surface area contributed by atoms with Gasteiger partial charge in [-0.05, 0) is 12.5 Å². The summed E-state index contributed by atoms with van der Waals surface area (Å²) in [5.41, 5.74) is -2.71. The van der Waals surface area contributed by atoms with Gasteiger partial charge >= 0.3 is 12.4 Å². The minimum Gasteiger partial charge on any atom is -0.384 e. The van der Waals surface area contributed by atoms with Gasteiger partial charge in [0.05, 0.1) is 5.57 Å². The highest BCUT2D eigenvalue weighted by molar-refractivity contribution is 5.29. The first-order valence-corrected chi connectivity index (χ1v) is 4.87. The maximum absolute atomic E-state index is 12.4. The molecule has 0 aromatic rings. The average Bonchev–Trinajstić information content (AvgIpc) is 2.14. The highest BCUT2D eigenvalue weighted by atomic mass is 19.4. The monoisotopic (exact) mass is 261 g/mol. The summed E-state index contributed by atoms with van der Waals surface area (Å²) in [4.78, 5) is 0. The fraction of sp³-hybridized carbons (Fsp3) is 0.600. The molecule has 1 N–H and O–H groups in total. The lowest BCUT2D eigenvalue weighted by Gasteiger charge is -2.14. The Bertz CT molecular complexity index is 297. The van der Waals surface area contributed by atoms with E-state index in [4.69, 9.17) is 0 Å². The summed E-state index contributed by atoms with van der Waals surface area (Å²) in [6.45, 7) is 1.64. The second-order valence-corrected chi connectivity index (χ2v) is 3.25. The topological polar surface area (TPSA) is 12.0 Å². The Morgan fingerprint density at radius 1 is 1.06 bits per heavy atom. The zero-order valence-corrected chi connectivity index (χ0v) is 9.34. The highest BCUT2D eigenvalue weighted by Gasteiger charge is 2.37. The van der Waals surface area contributed by atoms with Gasteiger partial charge < -0.3 is 5.32 Å². The summed E-state index contributed by atoms with van der Waals surface area (Å²) >= 11 is 0. The molecule has 0 spiro atoms. The third-order valence-electron chi connectivity index (χ3n) is 1.85. The molecular weight excluding hydrogens is 248 g/mol. The van der Waals surface area contributed by atoms with Gasteiger partial charge in [-0.3, -0.25) is 0 Å². The van der Waals surface area contributed by atoms with E-state index in [0.29, 0.717) is 6.42 Å². The van der Waals surface area contributed by atoms with Crippen LogP contribution in [0, 0.1) is 0 Å². The van der Waals surface area contributed by atoms with Crippen LogP contribution >= 0.6 is 0 Å². The van der Waals surface area contributed by atoms with Gasteiger partial charge in [0, 0.05) is 7.05 Å². The molecular formula is C10H13F6N. The predicted octanol–water partition coefficient (Wildman–Crippen LogP) is 3.94. The maximum Gasteiger partial charge on any atom is 0.430 e. The Labute approximate surface area is 95.2 Å². The van der Waals surface area contributed by atoms with Crippen LogP contribution in [-0.4, -0.2) is 19.4 Å². The Morgan fingerprint density at radius 2 is 1.59 bits per heavy atom. The minimum atomic E-state index is -4.83. The lowest BCUT2D eigenvalue weighted by Crippen LogP contribution is -2.24. The Balaban J connectivity index is 5.28.